The molecule has 1 aliphatic rings. The van der Waals surface area contributed by atoms with Gasteiger partial charge in [-0.25, -0.2) is 0 Å². The molecule has 0 aliphatic heterocycles. The van der Waals surface area contributed by atoms with E-state index in [-0.39, 0.29) is 0 Å². The Morgan fingerprint density at radius 2 is 1.71 bits per heavy atom. The molecule has 0 radical (unpaired) electrons. The molecule has 0 amide bonds. The molecule has 130 valence electrons. The molecule has 0 saturated heterocycles. The molecule has 0 aromatic heterocycles. The van der Waals surface area contributed by atoms with Crippen molar-refractivity contribution in [2.45, 2.75) is 53.0 Å². The highest BCUT2D eigenvalue weighted by atomic mass is 28.3. The number of rotatable bonds is 6. The van der Waals surface area contributed by atoms with Crippen molar-refractivity contribution in [2.24, 2.45) is 0 Å². The van der Waals surface area contributed by atoms with E-state index in [0.717, 1.165) is 12.2 Å². The van der Waals surface area contributed by atoms with E-state index >= 15 is 0 Å². The van der Waals surface area contributed by atoms with Crippen LogP contribution in [0.2, 0.25) is 32.7 Å². The first-order valence-electron chi connectivity index (χ1n) is 8.85. The van der Waals surface area contributed by atoms with Crippen LogP contribution in [0.3, 0.4) is 0 Å². The monoisotopic (exact) mass is 356 g/mol. The van der Waals surface area contributed by atoms with Crippen LogP contribution in [0.1, 0.15) is 18.9 Å². The van der Waals surface area contributed by atoms with Crippen molar-refractivity contribution in [3.8, 4) is 5.75 Å². The molecule has 0 atom stereocenters. The minimum Gasteiger partial charge on any atom is -0.490 e. The fraction of sp³-hybridized carbons (Fsp3) is 0.429. The zero-order valence-electron chi connectivity index (χ0n) is 16.4. The van der Waals surface area contributed by atoms with E-state index in [1.807, 2.05) is 6.08 Å². The third-order valence-corrected chi connectivity index (χ3v) is 10.8. The summed E-state index contributed by atoms with van der Waals surface area (Å²) in [5, 5.41) is 4.54. The Kier molecular flexibility index (Phi) is 5.45. The quantitative estimate of drug-likeness (QED) is 0.524. The second kappa shape index (κ2) is 6.89. The molecule has 0 heterocycles. The summed E-state index contributed by atoms with van der Waals surface area (Å²) in [7, 11) is -3.26. The Morgan fingerprint density at radius 3 is 2.21 bits per heavy atom. The van der Waals surface area contributed by atoms with Gasteiger partial charge in [0.1, 0.15) is 20.4 Å². The molecule has 0 bridgehead atoms. The van der Waals surface area contributed by atoms with Gasteiger partial charge in [-0.05, 0) is 30.6 Å². The average Bonchev–Trinajstić information content (AvgIpc) is 2.91. The van der Waals surface area contributed by atoms with Gasteiger partial charge in [-0.15, -0.1) is 0 Å². The Labute approximate surface area is 150 Å². The molecule has 1 nitrogen and oxygen atoms in total. The number of benzene rings is 1. The Morgan fingerprint density at radius 1 is 1.08 bits per heavy atom. The van der Waals surface area contributed by atoms with Crippen molar-refractivity contribution in [1.82, 2.24) is 0 Å². The largest absolute Gasteiger partial charge is 0.490 e. The van der Waals surface area contributed by atoms with Crippen LogP contribution in [-0.2, 0) is 0 Å². The van der Waals surface area contributed by atoms with Crippen LogP contribution in [0.25, 0.3) is 0 Å². The maximum Gasteiger partial charge on any atom is 0.118 e. The summed E-state index contributed by atoms with van der Waals surface area (Å²) >= 11 is 0. The maximum absolute atomic E-state index is 6.29. The van der Waals surface area contributed by atoms with Crippen molar-refractivity contribution >= 4 is 26.5 Å². The molecule has 1 aliphatic carbocycles. The lowest BCUT2D eigenvalue weighted by Gasteiger charge is -2.32. The molecule has 0 unspecified atom stereocenters. The lowest BCUT2D eigenvalue weighted by molar-refractivity contribution is 0.368. The van der Waals surface area contributed by atoms with Crippen LogP contribution in [-0.4, -0.2) is 22.8 Å². The van der Waals surface area contributed by atoms with Gasteiger partial charge >= 0.3 is 0 Å². The van der Waals surface area contributed by atoms with Crippen LogP contribution < -0.4 is 15.1 Å². The molecule has 1 aromatic rings. The van der Waals surface area contributed by atoms with Gasteiger partial charge < -0.3 is 4.74 Å². The molecule has 3 heteroatoms. The third-order valence-electron chi connectivity index (χ3n) is 4.98. The number of hydrogen-bond donors (Lipinski definition) is 0. The van der Waals surface area contributed by atoms with Crippen molar-refractivity contribution in [3.63, 3.8) is 0 Å². The zero-order chi connectivity index (χ0) is 18.1. The molecule has 0 saturated carbocycles. The van der Waals surface area contributed by atoms with Gasteiger partial charge in [-0.1, -0.05) is 86.0 Å². The Hall–Kier alpha value is -1.33. The molecule has 2 rings (SSSR count). The highest BCUT2D eigenvalue weighted by molar-refractivity contribution is 6.97. The van der Waals surface area contributed by atoms with Gasteiger partial charge in [0.2, 0.25) is 0 Å². The fourth-order valence-corrected chi connectivity index (χ4v) is 8.68. The standard InChI is InChI=1S/C21H32OSi2/c1-9-13-22-21-19(23(4,5)6)14-16(2)15-20(21)24(7,8)18-12-10-11-17(18)3/h9-11,14-15H,1,12-13H2,2-8H3. The molecule has 0 fully saturated rings. The maximum atomic E-state index is 6.29. The lowest BCUT2D eigenvalue weighted by atomic mass is 10.2. The smallest absolute Gasteiger partial charge is 0.118 e. The Bertz CT molecular complexity index is 703. The summed E-state index contributed by atoms with van der Waals surface area (Å²) in [6.45, 7) is 21.1. The number of hydrogen-bond acceptors (Lipinski definition) is 1. The van der Waals surface area contributed by atoms with Crippen molar-refractivity contribution in [1.29, 1.82) is 0 Å². The fourth-order valence-electron chi connectivity index (χ4n) is 3.62. The summed E-state index contributed by atoms with van der Waals surface area (Å²) in [5.74, 6) is 1.16. The Balaban J connectivity index is 2.70. The molecular formula is C21H32OSi2. The lowest BCUT2D eigenvalue weighted by Crippen LogP contribution is -2.50. The first-order chi connectivity index (χ1) is 11.1. The van der Waals surface area contributed by atoms with E-state index in [0.29, 0.717) is 6.61 Å². The molecule has 0 spiro atoms. The highest BCUT2D eigenvalue weighted by Crippen LogP contribution is 2.30. The first kappa shape index (κ1) is 19.0. The van der Waals surface area contributed by atoms with Crippen LogP contribution in [0, 0.1) is 6.92 Å². The van der Waals surface area contributed by atoms with E-state index in [9.17, 15) is 0 Å². The van der Waals surface area contributed by atoms with Crippen molar-refractivity contribution < 1.29 is 4.74 Å². The van der Waals surface area contributed by atoms with Crippen molar-refractivity contribution in [2.75, 3.05) is 6.61 Å². The summed E-state index contributed by atoms with van der Waals surface area (Å²) in [6.07, 6.45) is 7.54. The first-order valence-corrected chi connectivity index (χ1v) is 15.3. The van der Waals surface area contributed by atoms with Gasteiger partial charge in [0.15, 0.2) is 0 Å². The van der Waals surface area contributed by atoms with Crippen LogP contribution >= 0.6 is 0 Å². The molecule has 0 N–H and O–H groups in total. The van der Waals surface area contributed by atoms with Gasteiger partial charge in [-0.3, -0.25) is 0 Å². The van der Waals surface area contributed by atoms with Crippen molar-refractivity contribution in [3.05, 3.63) is 53.3 Å². The van der Waals surface area contributed by atoms with E-state index in [1.54, 1.807) is 5.20 Å². The topological polar surface area (TPSA) is 9.23 Å². The third kappa shape index (κ3) is 3.67. The average molecular weight is 357 g/mol. The predicted molar refractivity (Wildman–Crippen MR) is 113 cm³/mol. The van der Waals surface area contributed by atoms with E-state index in [4.69, 9.17) is 4.74 Å². The predicted octanol–water partition coefficient (Wildman–Crippen LogP) is 4.84. The molecule has 1 aromatic carbocycles. The summed E-state index contributed by atoms with van der Waals surface area (Å²) in [6, 6.07) is 4.74. The second-order valence-electron chi connectivity index (χ2n) is 8.43. The highest BCUT2D eigenvalue weighted by Gasteiger charge is 2.36. The van der Waals surface area contributed by atoms with Gasteiger partial charge in [0.05, 0.1) is 8.07 Å². The van der Waals surface area contributed by atoms with Crippen LogP contribution in [0.15, 0.2) is 47.7 Å². The van der Waals surface area contributed by atoms with Gasteiger partial charge in [-0.2, -0.15) is 0 Å². The SMILES string of the molecule is C=CCOc1c([Si](C)(C)C)cc(C)cc1[Si](C)(C)C1=C(C)C=CC1. The van der Waals surface area contributed by atoms with E-state index in [1.165, 1.54) is 21.5 Å². The summed E-state index contributed by atoms with van der Waals surface area (Å²) in [5.41, 5.74) is 2.82. The summed E-state index contributed by atoms with van der Waals surface area (Å²) < 4.78 is 6.29. The van der Waals surface area contributed by atoms with E-state index < -0.39 is 16.1 Å². The van der Waals surface area contributed by atoms with Crippen LogP contribution in [0.4, 0.5) is 0 Å². The van der Waals surface area contributed by atoms with E-state index in [2.05, 4.69) is 77.4 Å². The molecular weight excluding hydrogens is 324 g/mol. The normalized spacial score (nSPS) is 15.1. The molecule has 24 heavy (non-hydrogen) atoms. The van der Waals surface area contributed by atoms with Crippen LogP contribution in [0.5, 0.6) is 5.75 Å². The zero-order valence-corrected chi connectivity index (χ0v) is 18.4. The minimum absolute atomic E-state index is 0.578. The minimum atomic E-state index is -1.77. The van der Waals surface area contributed by atoms with Gasteiger partial charge in [0.25, 0.3) is 0 Å². The van der Waals surface area contributed by atoms with Gasteiger partial charge in [0, 0.05) is 0 Å². The summed E-state index contributed by atoms with van der Waals surface area (Å²) in [4.78, 5) is 0. The number of allylic oxidation sites excluding steroid dienone is 4. The second-order valence-corrected chi connectivity index (χ2v) is 17.9. The number of aryl methyl sites for hydroxylation is 1. The number of ether oxygens (including phenoxy) is 1.